The number of halogens is 4. The van der Waals surface area contributed by atoms with E-state index >= 15 is 0 Å². The second-order valence-corrected chi connectivity index (χ2v) is 12.6. The molecule has 0 saturated heterocycles. The Labute approximate surface area is 238 Å². The Morgan fingerprint density at radius 3 is 2.14 bits per heavy atom. The predicted octanol–water partition coefficient (Wildman–Crippen LogP) is 5.93. The molecule has 1 saturated carbocycles. The van der Waals surface area contributed by atoms with Crippen LogP contribution in [0.4, 0.5) is 5.69 Å². The summed E-state index contributed by atoms with van der Waals surface area (Å²) in [5.74, 6) is -0.876. The van der Waals surface area contributed by atoms with E-state index in [9.17, 15) is 18.0 Å². The second-order valence-electron chi connectivity index (χ2n) is 9.04. The van der Waals surface area contributed by atoms with E-state index in [0.29, 0.717) is 27.1 Å². The molecule has 1 atom stereocenters. The molecule has 1 N–H and O–H groups in total. The van der Waals surface area contributed by atoms with Crippen LogP contribution in [0.1, 0.15) is 44.6 Å². The van der Waals surface area contributed by atoms with Gasteiger partial charge in [-0.2, -0.15) is 0 Å². The van der Waals surface area contributed by atoms with Gasteiger partial charge in [-0.05, 0) is 55.2 Å². The molecule has 202 valence electrons. The fourth-order valence-corrected chi connectivity index (χ4v) is 6.29. The van der Waals surface area contributed by atoms with E-state index in [1.807, 2.05) is 0 Å². The zero-order valence-corrected chi connectivity index (χ0v) is 24.4. The molecule has 3 rings (SSSR count). The Hall–Kier alpha value is -1.71. The molecule has 0 spiro atoms. The van der Waals surface area contributed by atoms with E-state index < -0.39 is 28.5 Å². The number of amides is 2. The first-order valence-corrected chi connectivity index (χ1v) is 15.2. The largest absolute Gasteiger partial charge is 0.352 e. The van der Waals surface area contributed by atoms with Gasteiger partial charge in [0.1, 0.15) is 12.6 Å². The molecular formula is C25H29Cl4N3O4S. The van der Waals surface area contributed by atoms with Crippen molar-refractivity contribution in [3.63, 3.8) is 0 Å². The van der Waals surface area contributed by atoms with Crippen molar-refractivity contribution in [1.29, 1.82) is 0 Å². The summed E-state index contributed by atoms with van der Waals surface area (Å²) in [5.41, 5.74) is 0.678. The highest BCUT2D eigenvalue weighted by molar-refractivity contribution is 7.92. The van der Waals surface area contributed by atoms with Crippen LogP contribution in [-0.2, 0) is 26.2 Å². The molecule has 1 fully saturated rings. The lowest BCUT2D eigenvalue weighted by atomic mass is 10.1. The maximum absolute atomic E-state index is 13.8. The standard InChI is InChI=1S/C25H29Cl4N3O4S/c1-3-22(25(34)30-19-6-4-5-7-19)31(14-16-8-9-17(26)12-20(16)28)24(33)15-32(37(2,35)36)23-11-10-18(27)13-21(23)29/h8-13,19,22H,3-7,14-15H2,1-2H3,(H,30,34)/t22-/m1/s1. The van der Waals surface area contributed by atoms with E-state index in [2.05, 4.69) is 5.32 Å². The van der Waals surface area contributed by atoms with Gasteiger partial charge in [0, 0.05) is 27.7 Å². The highest BCUT2D eigenvalue weighted by atomic mass is 35.5. The Kier molecular flexibility index (Phi) is 10.4. The Morgan fingerprint density at radius 1 is 1.00 bits per heavy atom. The van der Waals surface area contributed by atoms with Gasteiger partial charge >= 0.3 is 0 Å². The van der Waals surface area contributed by atoms with E-state index in [1.54, 1.807) is 25.1 Å². The Morgan fingerprint density at radius 2 is 1.59 bits per heavy atom. The molecule has 0 aromatic heterocycles. The number of anilines is 1. The van der Waals surface area contributed by atoms with Crippen molar-refractivity contribution in [3.05, 3.63) is 62.1 Å². The molecule has 0 aliphatic heterocycles. The van der Waals surface area contributed by atoms with Crippen LogP contribution in [0.5, 0.6) is 0 Å². The summed E-state index contributed by atoms with van der Waals surface area (Å²) in [6, 6.07) is 8.40. The van der Waals surface area contributed by atoms with Crippen LogP contribution in [0.3, 0.4) is 0 Å². The van der Waals surface area contributed by atoms with Gasteiger partial charge in [0.05, 0.1) is 17.0 Å². The quantitative estimate of drug-likeness (QED) is 0.362. The van der Waals surface area contributed by atoms with Gasteiger partial charge in [0.2, 0.25) is 21.8 Å². The minimum absolute atomic E-state index is 0.0165. The molecule has 0 radical (unpaired) electrons. The number of carbonyl (C=O) groups is 2. The summed E-state index contributed by atoms with van der Waals surface area (Å²) in [7, 11) is -3.93. The Bertz CT molecular complexity index is 1250. The van der Waals surface area contributed by atoms with E-state index in [-0.39, 0.29) is 29.2 Å². The van der Waals surface area contributed by atoms with Crippen LogP contribution < -0.4 is 9.62 Å². The van der Waals surface area contributed by atoms with E-state index in [4.69, 9.17) is 46.4 Å². The van der Waals surface area contributed by atoms with Crippen LogP contribution >= 0.6 is 46.4 Å². The minimum atomic E-state index is -3.93. The number of benzene rings is 2. The van der Waals surface area contributed by atoms with Gasteiger partial charge in [0.25, 0.3) is 0 Å². The minimum Gasteiger partial charge on any atom is -0.352 e. The van der Waals surface area contributed by atoms with Crippen molar-refractivity contribution in [2.24, 2.45) is 0 Å². The second kappa shape index (κ2) is 12.9. The summed E-state index contributed by atoms with van der Waals surface area (Å²) in [4.78, 5) is 28.5. The third kappa shape index (κ3) is 7.90. The molecule has 2 amide bonds. The van der Waals surface area contributed by atoms with Crippen LogP contribution in [0.2, 0.25) is 20.1 Å². The maximum atomic E-state index is 13.8. The summed E-state index contributed by atoms with van der Waals surface area (Å²) in [5, 5.41) is 4.20. The monoisotopic (exact) mass is 607 g/mol. The third-order valence-corrected chi connectivity index (χ3v) is 8.55. The van der Waals surface area contributed by atoms with Gasteiger partial charge in [-0.15, -0.1) is 0 Å². The van der Waals surface area contributed by atoms with Crippen molar-refractivity contribution in [2.45, 2.75) is 57.7 Å². The van der Waals surface area contributed by atoms with Crippen LogP contribution in [0.25, 0.3) is 0 Å². The molecule has 1 aliphatic carbocycles. The Balaban J connectivity index is 1.97. The van der Waals surface area contributed by atoms with Gasteiger partial charge in [0.15, 0.2) is 0 Å². The zero-order chi connectivity index (χ0) is 27.3. The van der Waals surface area contributed by atoms with Crippen molar-refractivity contribution in [3.8, 4) is 0 Å². The molecule has 0 bridgehead atoms. The molecule has 12 heteroatoms. The smallest absolute Gasteiger partial charge is 0.244 e. The first-order valence-electron chi connectivity index (χ1n) is 11.9. The highest BCUT2D eigenvalue weighted by Gasteiger charge is 2.33. The molecule has 7 nitrogen and oxygen atoms in total. The van der Waals surface area contributed by atoms with Crippen molar-refractivity contribution in [1.82, 2.24) is 10.2 Å². The topological polar surface area (TPSA) is 86.8 Å². The number of nitrogens with one attached hydrogen (secondary N) is 1. The summed E-state index contributed by atoms with van der Waals surface area (Å²) in [6.07, 6.45) is 5.14. The fraction of sp³-hybridized carbons (Fsp3) is 0.440. The molecule has 2 aromatic rings. The summed E-state index contributed by atoms with van der Waals surface area (Å²) in [6.45, 7) is 1.21. The first-order chi connectivity index (χ1) is 17.4. The van der Waals surface area contributed by atoms with Crippen LogP contribution in [0, 0.1) is 0 Å². The first kappa shape index (κ1) is 29.8. The molecular weight excluding hydrogens is 580 g/mol. The molecule has 1 aliphatic rings. The van der Waals surface area contributed by atoms with Crippen LogP contribution in [-0.4, -0.2) is 50.0 Å². The number of rotatable bonds is 10. The summed E-state index contributed by atoms with van der Waals surface area (Å²) < 4.78 is 26.4. The molecule has 0 unspecified atom stereocenters. The van der Waals surface area contributed by atoms with E-state index in [1.165, 1.54) is 23.1 Å². The van der Waals surface area contributed by atoms with Crippen LogP contribution in [0.15, 0.2) is 36.4 Å². The lowest BCUT2D eigenvalue weighted by Crippen LogP contribution is -2.53. The SMILES string of the molecule is CC[C@H](C(=O)NC1CCCC1)N(Cc1ccc(Cl)cc1Cl)C(=O)CN(c1ccc(Cl)cc1Cl)S(C)(=O)=O. The number of nitrogens with zero attached hydrogens (tertiary/aromatic N) is 2. The molecule has 37 heavy (non-hydrogen) atoms. The average molecular weight is 609 g/mol. The number of hydrogen-bond donors (Lipinski definition) is 1. The number of sulfonamides is 1. The normalized spacial score (nSPS) is 14.9. The molecule has 2 aromatic carbocycles. The van der Waals surface area contributed by atoms with Crippen molar-refractivity contribution >= 4 is 73.9 Å². The zero-order valence-electron chi connectivity index (χ0n) is 20.5. The van der Waals surface area contributed by atoms with Crippen molar-refractivity contribution < 1.29 is 18.0 Å². The summed E-state index contributed by atoms with van der Waals surface area (Å²) >= 11 is 24.7. The van der Waals surface area contributed by atoms with Gasteiger partial charge in [-0.3, -0.25) is 13.9 Å². The number of hydrogen-bond acceptors (Lipinski definition) is 4. The maximum Gasteiger partial charge on any atom is 0.244 e. The molecule has 0 heterocycles. The lowest BCUT2D eigenvalue weighted by molar-refractivity contribution is -0.140. The highest BCUT2D eigenvalue weighted by Crippen LogP contribution is 2.31. The van der Waals surface area contributed by atoms with Gasteiger partial charge < -0.3 is 10.2 Å². The lowest BCUT2D eigenvalue weighted by Gasteiger charge is -2.33. The number of carbonyl (C=O) groups excluding carboxylic acids is 2. The van der Waals surface area contributed by atoms with Gasteiger partial charge in [-0.25, -0.2) is 8.42 Å². The predicted molar refractivity (Wildman–Crippen MR) is 150 cm³/mol. The fourth-order valence-electron chi connectivity index (χ4n) is 4.40. The van der Waals surface area contributed by atoms with Gasteiger partial charge in [-0.1, -0.05) is 72.2 Å². The van der Waals surface area contributed by atoms with Crippen molar-refractivity contribution in [2.75, 3.05) is 17.1 Å². The van der Waals surface area contributed by atoms with E-state index in [0.717, 1.165) is 36.2 Å². The third-order valence-electron chi connectivity index (χ3n) is 6.30. The average Bonchev–Trinajstić information content (AvgIpc) is 3.31.